The summed E-state index contributed by atoms with van der Waals surface area (Å²) in [7, 11) is 0. The fourth-order valence-corrected chi connectivity index (χ4v) is 2.06. The summed E-state index contributed by atoms with van der Waals surface area (Å²) in [5.74, 6) is 0.726. The van der Waals surface area contributed by atoms with Crippen LogP contribution in [0.3, 0.4) is 0 Å². The molecule has 3 heteroatoms. The maximum atomic E-state index is 11.9. The molecule has 2 nitrogen and oxygen atoms in total. The van der Waals surface area contributed by atoms with Crippen LogP contribution in [0.2, 0.25) is 0 Å². The smallest absolute Gasteiger partial charge is 0.123 e. The van der Waals surface area contributed by atoms with E-state index >= 15 is 0 Å². The van der Waals surface area contributed by atoms with E-state index in [4.69, 9.17) is 10.5 Å². The number of aryl methyl sites for hydroxylation is 1. The zero-order valence-electron chi connectivity index (χ0n) is 8.71. The SMILES string of the molecule is NC1CCCc2ccc(OCCF)cc21. The molecule has 0 aromatic heterocycles. The third-order valence-corrected chi connectivity index (χ3v) is 2.82. The Hall–Kier alpha value is -1.09. The molecule has 1 aliphatic rings. The van der Waals surface area contributed by atoms with Gasteiger partial charge in [0.15, 0.2) is 0 Å². The summed E-state index contributed by atoms with van der Waals surface area (Å²) in [5.41, 5.74) is 8.49. The van der Waals surface area contributed by atoms with E-state index in [1.165, 1.54) is 5.56 Å². The minimum atomic E-state index is -0.455. The molecule has 2 rings (SSSR count). The van der Waals surface area contributed by atoms with E-state index in [1.54, 1.807) is 0 Å². The number of hydrogen-bond donors (Lipinski definition) is 1. The Morgan fingerprint density at radius 1 is 1.47 bits per heavy atom. The Labute approximate surface area is 89.2 Å². The molecule has 1 aromatic carbocycles. The van der Waals surface area contributed by atoms with Crippen molar-refractivity contribution in [2.45, 2.75) is 25.3 Å². The minimum Gasteiger partial charge on any atom is -0.491 e. The number of halogens is 1. The van der Waals surface area contributed by atoms with Gasteiger partial charge in [-0.25, -0.2) is 4.39 Å². The number of hydrogen-bond acceptors (Lipinski definition) is 2. The zero-order valence-corrected chi connectivity index (χ0v) is 8.71. The summed E-state index contributed by atoms with van der Waals surface area (Å²) in [6.07, 6.45) is 3.27. The number of alkyl halides is 1. The van der Waals surface area contributed by atoms with Gasteiger partial charge < -0.3 is 10.5 Å². The lowest BCUT2D eigenvalue weighted by Crippen LogP contribution is -2.17. The highest BCUT2D eigenvalue weighted by Gasteiger charge is 2.16. The largest absolute Gasteiger partial charge is 0.491 e. The molecule has 0 spiro atoms. The second-order valence-corrected chi connectivity index (χ2v) is 3.90. The molecule has 0 heterocycles. The molecule has 0 fully saturated rings. The normalized spacial score (nSPS) is 19.7. The summed E-state index contributed by atoms with van der Waals surface area (Å²) in [6.45, 7) is -0.336. The fraction of sp³-hybridized carbons (Fsp3) is 0.500. The Morgan fingerprint density at radius 2 is 2.33 bits per heavy atom. The average molecular weight is 209 g/mol. The molecule has 82 valence electrons. The van der Waals surface area contributed by atoms with Crippen molar-refractivity contribution in [1.29, 1.82) is 0 Å². The van der Waals surface area contributed by atoms with Crippen molar-refractivity contribution >= 4 is 0 Å². The standard InChI is InChI=1S/C12H16FNO/c13-6-7-15-10-5-4-9-2-1-3-12(14)11(9)8-10/h4-5,8,12H,1-3,6-7,14H2. The van der Waals surface area contributed by atoms with Crippen molar-refractivity contribution in [3.8, 4) is 5.75 Å². The van der Waals surface area contributed by atoms with Gasteiger partial charge in [-0.2, -0.15) is 0 Å². The van der Waals surface area contributed by atoms with E-state index in [-0.39, 0.29) is 12.6 Å². The Balaban J connectivity index is 2.19. The molecule has 0 saturated heterocycles. The first-order valence-electron chi connectivity index (χ1n) is 5.38. The van der Waals surface area contributed by atoms with Crippen LogP contribution in [0, 0.1) is 0 Å². The second kappa shape index (κ2) is 4.62. The maximum absolute atomic E-state index is 11.9. The van der Waals surface area contributed by atoms with E-state index in [1.807, 2.05) is 18.2 Å². The van der Waals surface area contributed by atoms with Crippen molar-refractivity contribution in [3.05, 3.63) is 29.3 Å². The summed E-state index contributed by atoms with van der Waals surface area (Å²) in [5, 5.41) is 0. The maximum Gasteiger partial charge on any atom is 0.123 e. The molecule has 1 unspecified atom stereocenters. The van der Waals surface area contributed by atoms with E-state index in [2.05, 4.69) is 0 Å². The van der Waals surface area contributed by atoms with E-state index in [0.29, 0.717) is 0 Å². The summed E-state index contributed by atoms with van der Waals surface area (Å²) >= 11 is 0. The van der Waals surface area contributed by atoms with Crippen molar-refractivity contribution in [1.82, 2.24) is 0 Å². The van der Waals surface area contributed by atoms with Gasteiger partial charge in [0.1, 0.15) is 19.0 Å². The number of fused-ring (bicyclic) bond motifs is 1. The van der Waals surface area contributed by atoms with Crippen molar-refractivity contribution in [2.75, 3.05) is 13.3 Å². The number of benzene rings is 1. The van der Waals surface area contributed by atoms with Crippen molar-refractivity contribution in [3.63, 3.8) is 0 Å². The highest BCUT2D eigenvalue weighted by Crippen LogP contribution is 2.30. The van der Waals surface area contributed by atoms with Crippen LogP contribution in [-0.2, 0) is 6.42 Å². The highest BCUT2D eigenvalue weighted by atomic mass is 19.1. The predicted octanol–water partition coefficient (Wildman–Crippen LogP) is 2.37. The molecular weight excluding hydrogens is 193 g/mol. The van der Waals surface area contributed by atoms with Crippen molar-refractivity contribution < 1.29 is 9.13 Å². The molecule has 0 bridgehead atoms. The second-order valence-electron chi connectivity index (χ2n) is 3.90. The van der Waals surface area contributed by atoms with Gasteiger partial charge in [0, 0.05) is 6.04 Å². The molecule has 0 aliphatic heterocycles. The van der Waals surface area contributed by atoms with Crippen LogP contribution in [0.25, 0.3) is 0 Å². The van der Waals surface area contributed by atoms with Gasteiger partial charge in [-0.1, -0.05) is 6.07 Å². The topological polar surface area (TPSA) is 35.2 Å². The average Bonchev–Trinajstić information content (AvgIpc) is 2.27. The molecule has 1 aromatic rings. The first-order valence-corrected chi connectivity index (χ1v) is 5.38. The molecule has 2 N–H and O–H groups in total. The minimum absolute atomic E-state index is 0.114. The summed E-state index contributed by atoms with van der Waals surface area (Å²) in [6, 6.07) is 6.01. The Morgan fingerprint density at radius 3 is 3.13 bits per heavy atom. The van der Waals surface area contributed by atoms with Crippen LogP contribution >= 0.6 is 0 Å². The van der Waals surface area contributed by atoms with Crippen LogP contribution < -0.4 is 10.5 Å². The van der Waals surface area contributed by atoms with Gasteiger partial charge in [0.05, 0.1) is 0 Å². The van der Waals surface area contributed by atoms with Crippen LogP contribution in [0.15, 0.2) is 18.2 Å². The third-order valence-electron chi connectivity index (χ3n) is 2.82. The molecule has 15 heavy (non-hydrogen) atoms. The number of nitrogens with two attached hydrogens (primary N) is 1. The highest BCUT2D eigenvalue weighted by molar-refractivity contribution is 5.39. The zero-order chi connectivity index (χ0) is 10.7. The third kappa shape index (κ3) is 2.29. The van der Waals surface area contributed by atoms with Gasteiger partial charge in [-0.3, -0.25) is 0 Å². The fourth-order valence-electron chi connectivity index (χ4n) is 2.06. The quantitative estimate of drug-likeness (QED) is 0.829. The van der Waals surface area contributed by atoms with E-state index in [9.17, 15) is 4.39 Å². The Kier molecular flexibility index (Phi) is 3.21. The first kappa shape index (κ1) is 10.4. The molecule has 0 radical (unpaired) electrons. The Bertz CT molecular complexity index is 340. The lowest BCUT2D eigenvalue weighted by molar-refractivity contribution is 0.272. The van der Waals surface area contributed by atoms with Crippen LogP contribution in [0.1, 0.15) is 30.0 Å². The summed E-state index contributed by atoms with van der Waals surface area (Å²) in [4.78, 5) is 0. The van der Waals surface area contributed by atoms with Gasteiger partial charge >= 0.3 is 0 Å². The molecule has 1 aliphatic carbocycles. The number of rotatable bonds is 3. The van der Waals surface area contributed by atoms with Gasteiger partial charge in [-0.15, -0.1) is 0 Å². The van der Waals surface area contributed by atoms with E-state index < -0.39 is 6.67 Å². The molecular formula is C12H16FNO. The first-order chi connectivity index (χ1) is 7.31. The van der Waals surface area contributed by atoms with Gasteiger partial charge in [0.25, 0.3) is 0 Å². The predicted molar refractivity (Wildman–Crippen MR) is 57.8 cm³/mol. The lowest BCUT2D eigenvalue weighted by atomic mass is 9.88. The van der Waals surface area contributed by atoms with Gasteiger partial charge in [-0.05, 0) is 42.5 Å². The number of ether oxygens (including phenoxy) is 1. The van der Waals surface area contributed by atoms with Crippen LogP contribution in [-0.4, -0.2) is 13.3 Å². The summed E-state index contributed by atoms with van der Waals surface area (Å²) < 4.78 is 17.2. The van der Waals surface area contributed by atoms with Crippen molar-refractivity contribution in [2.24, 2.45) is 5.73 Å². The molecule has 0 amide bonds. The van der Waals surface area contributed by atoms with E-state index in [0.717, 1.165) is 30.6 Å². The van der Waals surface area contributed by atoms with Crippen LogP contribution in [0.5, 0.6) is 5.75 Å². The lowest BCUT2D eigenvalue weighted by Gasteiger charge is -2.22. The van der Waals surface area contributed by atoms with Crippen LogP contribution in [0.4, 0.5) is 4.39 Å². The molecule has 1 atom stereocenters. The molecule has 0 saturated carbocycles. The van der Waals surface area contributed by atoms with Gasteiger partial charge in [0.2, 0.25) is 0 Å². The monoisotopic (exact) mass is 209 g/mol.